The normalized spacial score (nSPS) is 7.55. The van der Waals surface area contributed by atoms with Gasteiger partial charge in [0.1, 0.15) is 0 Å². The van der Waals surface area contributed by atoms with Crippen LogP contribution in [0.25, 0.3) is 0 Å². The second-order valence-electron chi connectivity index (χ2n) is 1.99. The topological polar surface area (TPSA) is 0 Å². The minimum absolute atomic E-state index is 0.834. The maximum absolute atomic E-state index is 6.76. The van der Waals surface area contributed by atoms with Gasteiger partial charge in [-0.1, -0.05) is 17.7 Å². The van der Waals surface area contributed by atoms with Gasteiger partial charge >= 0.3 is 27.0 Å². The van der Waals surface area contributed by atoms with Gasteiger partial charge in [0.2, 0.25) is 0 Å². The second kappa shape index (κ2) is 6.41. The predicted molar refractivity (Wildman–Crippen MR) is 43.3 cm³/mol. The molecule has 52 valence electrons. The Morgan fingerprint density at radius 3 is 2.09 bits per heavy atom. The van der Waals surface area contributed by atoms with Gasteiger partial charge in [-0.2, -0.15) is 0 Å². The summed E-state index contributed by atoms with van der Waals surface area (Å²) in [5.41, 5.74) is 2.05. The van der Waals surface area contributed by atoms with E-state index >= 15 is 0 Å². The minimum atomic E-state index is 0.834. The molecule has 0 N–H and O–H groups in total. The van der Waals surface area contributed by atoms with Crippen molar-refractivity contribution >= 4 is 9.69 Å². The summed E-state index contributed by atoms with van der Waals surface area (Å²) in [6.07, 6.45) is 6.76. The predicted octanol–water partition coefficient (Wildman–Crippen LogP) is 2.62. The van der Waals surface area contributed by atoms with Gasteiger partial charge in [-0.05, 0) is 6.92 Å². The molecule has 1 rings (SSSR count). The van der Waals surface area contributed by atoms with E-state index in [0.29, 0.717) is 0 Å². The SMILES string of the molecule is [C-]#Cc1ccc(C)cc1.[Cl][Zn+]. The van der Waals surface area contributed by atoms with Crippen LogP contribution in [0.3, 0.4) is 0 Å². The zero-order valence-corrected chi connectivity index (χ0v) is 10.1. The van der Waals surface area contributed by atoms with Crippen LogP contribution in [-0.4, -0.2) is 0 Å². The summed E-state index contributed by atoms with van der Waals surface area (Å²) < 4.78 is 0. The molecule has 0 aliphatic carbocycles. The zero-order chi connectivity index (χ0) is 8.69. The van der Waals surface area contributed by atoms with E-state index in [4.69, 9.17) is 16.1 Å². The molecule has 1 aromatic rings. The van der Waals surface area contributed by atoms with Crippen LogP contribution < -0.4 is 0 Å². The van der Waals surface area contributed by atoms with E-state index in [1.807, 2.05) is 31.2 Å². The molecular weight excluding hydrogens is 209 g/mol. The Kier molecular flexibility index (Phi) is 6.23. The molecule has 0 nitrogen and oxygen atoms in total. The molecule has 0 amide bonds. The molecule has 0 bridgehead atoms. The molecule has 0 heterocycles. The van der Waals surface area contributed by atoms with Crippen LogP contribution in [0.2, 0.25) is 0 Å². The van der Waals surface area contributed by atoms with E-state index in [9.17, 15) is 0 Å². The van der Waals surface area contributed by atoms with Gasteiger partial charge in [0, 0.05) is 0 Å². The average Bonchev–Trinajstić information content (AvgIpc) is 2.10. The Hall–Kier alpha value is -0.307. The number of benzene rings is 1. The molecule has 0 saturated carbocycles. The molecule has 0 saturated heterocycles. The van der Waals surface area contributed by atoms with Crippen molar-refractivity contribution in [1.82, 2.24) is 0 Å². The van der Waals surface area contributed by atoms with Gasteiger partial charge < -0.3 is 6.42 Å². The Morgan fingerprint density at radius 2 is 1.73 bits per heavy atom. The number of hydrogen-bond donors (Lipinski definition) is 0. The number of rotatable bonds is 0. The third kappa shape index (κ3) is 4.20. The van der Waals surface area contributed by atoms with E-state index < -0.39 is 0 Å². The molecular formula is C9H7ClZn. The molecule has 11 heavy (non-hydrogen) atoms. The van der Waals surface area contributed by atoms with Crippen LogP contribution in [0.5, 0.6) is 0 Å². The van der Waals surface area contributed by atoms with Crippen molar-refractivity contribution in [2.75, 3.05) is 0 Å². The molecule has 0 fully saturated rings. The summed E-state index contributed by atoms with van der Waals surface area (Å²) in [5, 5.41) is 0. The van der Waals surface area contributed by atoms with Gasteiger partial charge in [-0.15, -0.1) is 17.7 Å². The molecule has 0 aliphatic heterocycles. The number of hydrogen-bond acceptors (Lipinski definition) is 0. The fraction of sp³-hybridized carbons (Fsp3) is 0.111. The van der Waals surface area contributed by atoms with Crippen LogP contribution >= 0.6 is 9.69 Å². The third-order valence-electron chi connectivity index (χ3n) is 1.20. The molecule has 0 aromatic heterocycles. The van der Waals surface area contributed by atoms with Crippen LogP contribution in [0.15, 0.2) is 24.3 Å². The first-order chi connectivity index (χ1) is 5.33. The van der Waals surface area contributed by atoms with E-state index in [1.165, 1.54) is 5.56 Å². The first-order valence-corrected chi connectivity index (χ1v) is 6.99. The van der Waals surface area contributed by atoms with E-state index in [0.717, 1.165) is 22.9 Å². The number of aryl methyl sites for hydroxylation is 1. The van der Waals surface area contributed by atoms with Crippen molar-refractivity contribution in [3.63, 3.8) is 0 Å². The van der Waals surface area contributed by atoms with Gasteiger partial charge in [0.25, 0.3) is 0 Å². The first kappa shape index (κ1) is 10.7. The zero-order valence-electron chi connectivity index (χ0n) is 6.39. The van der Waals surface area contributed by atoms with Gasteiger partial charge in [-0.25, -0.2) is 0 Å². The monoisotopic (exact) mass is 214 g/mol. The van der Waals surface area contributed by atoms with Crippen LogP contribution in [0.4, 0.5) is 0 Å². The second-order valence-corrected chi connectivity index (χ2v) is 1.99. The fourth-order valence-corrected chi connectivity index (χ4v) is 0.637. The quantitative estimate of drug-likeness (QED) is 0.355. The summed E-state index contributed by atoms with van der Waals surface area (Å²) >= 11 is 0.847. The molecule has 0 spiro atoms. The summed E-state index contributed by atoms with van der Waals surface area (Å²) in [4.78, 5) is 0. The summed E-state index contributed by atoms with van der Waals surface area (Å²) in [6, 6.07) is 7.69. The molecule has 0 aliphatic rings. The Labute approximate surface area is 81.7 Å². The molecule has 0 atom stereocenters. The van der Waals surface area contributed by atoms with Gasteiger partial charge in [-0.3, -0.25) is 5.92 Å². The maximum atomic E-state index is 6.76. The molecule has 1 aromatic carbocycles. The standard InChI is InChI=1S/C9H7.ClH.Zn/c1-3-9-6-4-8(2)5-7-9;;/h4-7H,2H3;1H;/q-1;;+2/p-1. The Bertz CT molecular complexity index is 233. The van der Waals surface area contributed by atoms with Gasteiger partial charge in [0.05, 0.1) is 0 Å². The summed E-state index contributed by atoms with van der Waals surface area (Å²) in [7, 11) is 4.76. The Morgan fingerprint density at radius 1 is 1.27 bits per heavy atom. The fourth-order valence-electron chi connectivity index (χ4n) is 0.637. The summed E-state index contributed by atoms with van der Waals surface area (Å²) in [6.45, 7) is 2.02. The van der Waals surface area contributed by atoms with Crippen molar-refractivity contribution in [2.24, 2.45) is 0 Å². The van der Waals surface area contributed by atoms with Crippen LogP contribution in [-0.2, 0) is 17.3 Å². The molecule has 0 radical (unpaired) electrons. The van der Waals surface area contributed by atoms with Crippen molar-refractivity contribution in [2.45, 2.75) is 6.92 Å². The van der Waals surface area contributed by atoms with Crippen LogP contribution in [0, 0.1) is 19.3 Å². The van der Waals surface area contributed by atoms with Gasteiger partial charge in [0.15, 0.2) is 0 Å². The van der Waals surface area contributed by atoms with Crippen molar-refractivity contribution in [1.29, 1.82) is 0 Å². The van der Waals surface area contributed by atoms with E-state index in [1.54, 1.807) is 0 Å². The number of halogens is 1. The molecule has 2 heteroatoms. The summed E-state index contributed by atoms with van der Waals surface area (Å²) in [5.74, 6) is 2.30. The van der Waals surface area contributed by atoms with Crippen molar-refractivity contribution in [3.8, 4) is 5.92 Å². The third-order valence-corrected chi connectivity index (χ3v) is 1.20. The molecule has 0 unspecified atom stereocenters. The van der Waals surface area contributed by atoms with Crippen molar-refractivity contribution < 1.29 is 17.3 Å². The van der Waals surface area contributed by atoms with Crippen LogP contribution in [0.1, 0.15) is 11.1 Å². The first-order valence-electron chi connectivity index (χ1n) is 3.09. The van der Waals surface area contributed by atoms with Crippen molar-refractivity contribution in [3.05, 3.63) is 41.8 Å². The van der Waals surface area contributed by atoms with E-state index in [2.05, 4.69) is 5.92 Å². The Balaban J connectivity index is 0.000000461. The van der Waals surface area contributed by atoms with E-state index in [-0.39, 0.29) is 0 Å². The average molecular weight is 216 g/mol.